The van der Waals surface area contributed by atoms with E-state index in [1.54, 1.807) is 0 Å². The maximum absolute atomic E-state index is 12.3. The quantitative estimate of drug-likeness (QED) is 0.846. The molecular weight excluding hydrogens is 222 g/mol. The van der Waals surface area contributed by atoms with Gasteiger partial charge in [0.1, 0.15) is 0 Å². The molecule has 0 aliphatic heterocycles. The predicted molar refractivity (Wildman–Crippen MR) is 71.1 cm³/mol. The van der Waals surface area contributed by atoms with Gasteiger partial charge in [-0.2, -0.15) is 0 Å². The number of hydrogen-bond donors (Lipinski definition) is 1. The minimum Gasteiger partial charge on any atom is -0.326 e. The Labute approximate surface area is 108 Å². The number of anilines is 1. The van der Waals surface area contributed by atoms with Crippen LogP contribution in [-0.2, 0) is 4.79 Å². The third-order valence-electron chi connectivity index (χ3n) is 5.44. The zero-order valence-electron chi connectivity index (χ0n) is 10.7. The Morgan fingerprint density at radius 2 is 1.83 bits per heavy atom. The van der Waals surface area contributed by atoms with Crippen molar-refractivity contribution in [2.24, 2.45) is 29.6 Å². The van der Waals surface area contributed by atoms with Gasteiger partial charge in [-0.05, 0) is 61.5 Å². The largest absolute Gasteiger partial charge is 0.326 e. The molecule has 0 radical (unpaired) electrons. The van der Waals surface area contributed by atoms with Gasteiger partial charge >= 0.3 is 0 Å². The van der Waals surface area contributed by atoms with Crippen molar-refractivity contribution < 1.29 is 4.79 Å². The van der Waals surface area contributed by atoms with Crippen LogP contribution in [0.5, 0.6) is 0 Å². The number of amides is 1. The van der Waals surface area contributed by atoms with E-state index in [9.17, 15) is 4.79 Å². The monoisotopic (exact) mass is 241 g/mol. The first kappa shape index (κ1) is 10.6. The van der Waals surface area contributed by atoms with Crippen LogP contribution in [0, 0.1) is 36.5 Å². The molecule has 3 aliphatic rings. The maximum Gasteiger partial charge on any atom is 0.228 e. The summed E-state index contributed by atoms with van der Waals surface area (Å²) in [5, 5.41) is 3.13. The number of benzene rings is 1. The number of carbonyl (C=O) groups excluding carboxylic acids is 1. The first-order valence-corrected chi connectivity index (χ1v) is 7.12. The van der Waals surface area contributed by atoms with Crippen molar-refractivity contribution in [3.63, 3.8) is 0 Å². The van der Waals surface area contributed by atoms with E-state index in [0.29, 0.717) is 5.92 Å². The first-order valence-electron chi connectivity index (χ1n) is 7.12. The molecule has 2 nitrogen and oxygen atoms in total. The van der Waals surface area contributed by atoms with Gasteiger partial charge < -0.3 is 5.32 Å². The van der Waals surface area contributed by atoms with Crippen molar-refractivity contribution in [1.82, 2.24) is 0 Å². The van der Waals surface area contributed by atoms with Crippen LogP contribution in [0.2, 0.25) is 0 Å². The second-order valence-electron chi connectivity index (χ2n) is 6.32. The van der Waals surface area contributed by atoms with Gasteiger partial charge in [-0.15, -0.1) is 0 Å². The highest BCUT2D eigenvalue weighted by Crippen LogP contribution is 2.69. The molecule has 1 N–H and O–H groups in total. The highest BCUT2D eigenvalue weighted by Gasteiger charge is 2.67. The van der Waals surface area contributed by atoms with Crippen LogP contribution in [0.15, 0.2) is 24.3 Å². The predicted octanol–water partition coefficient (Wildman–Crippen LogP) is 3.23. The zero-order valence-corrected chi connectivity index (χ0v) is 10.7. The molecule has 3 saturated carbocycles. The lowest BCUT2D eigenvalue weighted by Gasteiger charge is -2.11. The van der Waals surface area contributed by atoms with E-state index in [0.717, 1.165) is 34.9 Å². The average molecular weight is 241 g/mol. The SMILES string of the molecule is Cc1ccccc1NC(=O)C1[C@@H]2[C@@H]3CC[C@H](C3)[C@@H]12. The van der Waals surface area contributed by atoms with Crippen LogP contribution in [0.25, 0.3) is 0 Å². The highest BCUT2D eigenvalue weighted by atomic mass is 16.2. The van der Waals surface area contributed by atoms with Gasteiger partial charge in [0.2, 0.25) is 5.91 Å². The van der Waals surface area contributed by atoms with Gasteiger partial charge in [0.05, 0.1) is 0 Å². The zero-order chi connectivity index (χ0) is 12.3. The summed E-state index contributed by atoms with van der Waals surface area (Å²) in [5.41, 5.74) is 2.14. The molecule has 0 spiro atoms. The molecule has 1 amide bonds. The number of fused-ring (bicyclic) bond motifs is 5. The molecule has 2 heteroatoms. The van der Waals surface area contributed by atoms with Crippen molar-refractivity contribution in [1.29, 1.82) is 0 Å². The summed E-state index contributed by atoms with van der Waals surface area (Å²) in [6.45, 7) is 2.05. The Morgan fingerprint density at radius 1 is 1.17 bits per heavy atom. The first-order chi connectivity index (χ1) is 8.75. The van der Waals surface area contributed by atoms with Gasteiger partial charge in [0.25, 0.3) is 0 Å². The summed E-state index contributed by atoms with van der Waals surface area (Å²) >= 11 is 0. The lowest BCUT2D eigenvalue weighted by molar-refractivity contribution is -0.118. The number of rotatable bonds is 2. The maximum atomic E-state index is 12.3. The number of aryl methyl sites for hydroxylation is 1. The minimum absolute atomic E-state index is 0.274. The molecule has 3 aliphatic carbocycles. The molecule has 18 heavy (non-hydrogen) atoms. The minimum atomic E-state index is 0.274. The number of para-hydroxylation sites is 1. The third-order valence-corrected chi connectivity index (χ3v) is 5.44. The molecule has 4 atom stereocenters. The van der Waals surface area contributed by atoms with Gasteiger partial charge in [-0.25, -0.2) is 0 Å². The Hall–Kier alpha value is -1.31. The fourth-order valence-corrected chi connectivity index (χ4v) is 4.60. The fourth-order valence-electron chi connectivity index (χ4n) is 4.60. The lowest BCUT2D eigenvalue weighted by Crippen LogP contribution is -2.19. The van der Waals surface area contributed by atoms with E-state index in [-0.39, 0.29) is 5.91 Å². The second-order valence-corrected chi connectivity index (χ2v) is 6.32. The average Bonchev–Trinajstić information content (AvgIpc) is 2.82. The van der Waals surface area contributed by atoms with E-state index in [2.05, 4.69) is 5.32 Å². The second kappa shape index (κ2) is 3.59. The van der Waals surface area contributed by atoms with E-state index in [4.69, 9.17) is 0 Å². The molecule has 0 saturated heterocycles. The smallest absolute Gasteiger partial charge is 0.228 e. The summed E-state index contributed by atoms with van der Waals surface area (Å²) in [5.74, 6) is 3.80. The van der Waals surface area contributed by atoms with E-state index < -0.39 is 0 Å². The van der Waals surface area contributed by atoms with Crippen molar-refractivity contribution in [2.45, 2.75) is 26.2 Å². The Balaban J connectivity index is 1.48. The van der Waals surface area contributed by atoms with Crippen molar-refractivity contribution in [3.8, 4) is 0 Å². The molecule has 0 heterocycles. The summed E-state index contributed by atoms with van der Waals surface area (Å²) < 4.78 is 0. The van der Waals surface area contributed by atoms with Gasteiger partial charge in [0.15, 0.2) is 0 Å². The number of nitrogens with one attached hydrogen (secondary N) is 1. The fraction of sp³-hybridized carbons (Fsp3) is 0.562. The van der Waals surface area contributed by atoms with E-state index in [1.165, 1.54) is 19.3 Å². The molecule has 3 fully saturated rings. The molecule has 1 aromatic carbocycles. The highest BCUT2D eigenvalue weighted by molar-refractivity contribution is 5.95. The summed E-state index contributed by atoms with van der Waals surface area (Å²) in [6, 6.07) is 8.05. The third kappa shape index (κ3) is 1.38. The van der Waals surface area contributed by atoms with Gasteiger partial charge in [-0.1, -0.05) is 18.2 Å². The van der Waals surface area contributed by atoms with Crippen LogP contribution in [0.4, 0.5) is 5.69 Å². The molecule has 1 aromatic rings. The Bertz CT molecular complexity index is 494. The molecule has 94 valence electrons. The topological polar surface area (TPSA) is 29.1 Å². The Morgan fingerprint density at radius 3 is 2.50 bits per heavy atom. The van der Waals surface area contributed by atoms with Crippen LogP contribution >= 0.6 is 0 Å². The van der Waals surface area contributed by atoms with Crippen LogP contribution < -0.4 is 5.32 Å². The summed E-state index contributed by atoms with van der Waals surface area (Å²) in [7, 11) is 0. The normalized spacial score (nSPS) is 39.5. The summed E-state index contributed by atoms with van der Waals surface area (Å²) in [6.07, 6.45) is 4.16. The van der Waals surface area contributed by atoms with Gasteiger partial charge in [0, 0.05) is 11.6 Å². The van der Waals surface area contributed by atoms with Crippen LogP contribution in [0.3, 0.4) is 0 Å². The van der Waals surface area contributed by atoms with E-state index >= 15 is 0 Å². The molecule has 0 unspecified atom stereocenters. The van der Waals surface area contributed by atoms with Crippen LogP contribution in [-0.4, -0.2) is 5.91 Å². The van der Waals surface area contributed by atoms with Crippen molar-refractivity contribution in [2.75, 3.05) is 5.32 Å². The van der Waals surface area contributed by atoms with Crippen LogP contribution in [0.1, 0.15) is 24.8 Å². The van der Waals surface area contributed by atoms with Gasteiger partial charge in [-0.3, -0.25) is 4.79 Å². The van der Waals surface area contributed by atoms with E-state index in [1.807, 2.05) is 31.2 Å². The number of hydrogen-bond acceptors (Lipinski definition) is 1. The Kier molecular flexibility index (Phi) is 2.12. The standard InChI is InChI=1S/C16H19NO/c1-9-4-2-3-5-12(9)17-16(18)15-13-10-6-7-11(8-10)14(13)15/h2-5,10-11,13-15H,6-8H2,1H3,(H,17,18)/t10-,11-,13-,14-/m1/s1. The lowest BCUT2D eigenvalue weighted by atomic mass is 10.0. The van der Waals surface area contributed by atoms with Crippen molar-refractivity contribution >= 4 is 11.6 Å². The molecular formula is C16H19NO. The summed E-state index contributed by atoms with van der Waals surface area (Å²) in [4.78, 5) is 12.3. The molecule has 4 rings (SSSR count). The van der Waals surface area contributed by atoms with Crippen molar-refractivity contribution in [3.05, 3.63) is 29.8 Å². The molecule has 2 bridgehead atoms. The molecule has 0 aromatic heterocycles. The number of carbonyl (C=O) groups is 1.